The van der Waals surface area contributed by atoms with Crippen LogP contribution in [0.4, 0.5) is 8.78 Å². The van der Waals surface area contributed by atoms with Gasteiger partial charge in [-0.2, -0.15) is 5.10 Å². The Morgan fingerprint density at radius 1 is 1.10 bits per heavy atom. The molecule has 0 saturated carbocycles. The number of nitrogens with zero attached hydrogens (tertiary/aromatic N) is 4. The molecule has 7 nitrogen and oxygen atoms in total. The van der Waals surface area contributed by atoms with Gasteiger partial charge in [0.15, 0.2) is 16.7 Å². The zero-order chi connectivity index (χ0) is 22.9. The van der Waals surface area contributed by atoms with Gasteiger partial charge >= 0.3 is 0 Å². The van der Waals surface area contributed by atoms with E-state index < -0.39 is 31.1 Å². The van der Waals surface area contributed by atoms with Crippen LogP contribution < -0.4 is 4.74 Å². The van der Waals surface area contributed by atoms with Crippen LogP contribution >= 0.6 is 34.8 Å². The molecule has 2 aromatic rings. The molecule has 0 saturated heterocycles. The Morgan fingerprint density at radius 2 is 1.74 bits per heavy atom. The highest BCUT2D eigenvalue weighted by Gasteiger charge is 2.30. The van der Waals surface area contributed by atoms with Crippen molar-refractivity contribution in [2.24, 2.45) is 5.10 Å². The van der Waals surface area contributed by atoms with Crippen LogP contribution in [0, 0.1) is 0 Å². The van der Waals surface area contributed by atoms with Gasteiger partial charge < -0.3 is 4.74 Å². The molecule has 3 rings (SSSR count). The average Bonchev–Trinajstić information content (AvgIpc) is 2.67. The van der Waals surface area contributed by atoms with Crippen molar-refractivity contribution in [1.29, 1.82) is 0 Å². The van der Waals surface area contributed by atoms with E-state index >= 15 is 0 Å². The molecule has 1 amide bonds. The van der Waals surface area contributed by atoms with E-state index in [4.69, 9.17) is 39.5 Å². The summed E-state index contributed by atoms with van der Waals surface area (Å²) in [4.78, 5) is 24.0. The van der Waals surface area contributed by atoms with Crippen molar-refractivity contribution in [1.82, 2.24) is 15.2 Å². The molecule has 1 aliphatic rings. The predicted molar refractivity (Wildman–Crippen MR) is 112 cm³/mol. The Hall–Kier alpha value is -2.36. The lowest BCUT2D eigenvalue weighted by Gasteiger charge is -2.22. The second-order valence-corrected chi connectivity index (χ2v) is 8.04. The number of ether oxygens (including phenoxy) is 1. The van der Waals surface area contributed by atoms with Gasteiger partial charge in [-0.05, 0) is 23.6 Å². The van der Waals surface area contributed by atoms with Crippen molar-refractivity contribution in [3.8, 4) is 11.6 Å². The smallest absolute Gasteiger partial charge is 0.258 e. The minimum absolute atomic E-state index is 0.0122. The number of hydrazone groups is 1. The number of halogens is 5. The van der Waals surface area contributed by atoms with Crippen LogP contribution in [-0.4, -0.2) is 45.6 Å². The van der Waals surface area contributed by atoms with Crippen molar-refractivity contribution >= 4 is 52.2 Å². The summed E-state index contributed by atoms with van der Waals surface area (Å²) < 4.78 is 31.0. The Labute approximate surface area is 190 Å². The molecular weight excluding hydrogens is 477 g/mol. The summed E-state index contributed by atoms with van der Waals surface area (Å²) in [5.41, 5.74) is 0.662. The molecule has 0 spiro atoms. The fourth-order valence-electron chi connectivity index (χ4n) is 2.76. The van der Waals surface area contributed by atoms with Crippen LogP contribution in [0.25, 0.3) is 0 Å². The number of amides is 1. The van der Waals surface area contributed by atoms with E-state index in [1.807, 2.05) is 13.8 Å². The minimum Gasteiger partial charge on any atom is -0.434 e. The van der Waals surface area contributed by atoms with Gasteiger partial charge in [0.2, 0.25) is 5.88 Å². The van der Waals surface area contributed by atoms with Crippen molar-refractivity contribution < 1.29 is 23.1 Å². The molecule has 12 heteroatoms. The van der Waals surface area contributed by atoms with E-state index in [0.29, 0.717) is 10.6 Å². The van der Waals surface area contributed by atoms with Crippen molar-refractivity contribution in [2.75, 3.05) is 6.54 Å². The first kappa shape index (κ1) is 23.3. The average molecular weight is 492 g/mol. The van der Waals surface area contributed by atoms with Crippen LogP contribution in [0.3, 0.4) is 0 Å². The van der Waals surface area contributed by atoms with Crippen LogP contribution in [0.5, 0.6) is 11.6 Å². The molecule has 0 aliphatic carbocycles. The Kier molecular flexibility index (Phi) is 7.08. The molecule has 0 N–H and O–H groups in total. The van der Waals surface area contributed by atoms with E-state index in [0.717, 1.165) is 0 Å². The number of ketones is 1. The standard InChI is InChI=1S/C19H15Cl3F2N4O3/c1-8(2)10-5-15(25-26-19(10)22)31-18-11(20)3-9(4-12(18)21)17-13(29)6-16(30)28(27-17)7-14(23)24/h3-5,8,14H,6-7H2,1-2H3. The van der Waals surface area contributed by atoms with Gasteiger partial charge in [0.05, 0.1) is 16.5 Å². The Balaban J connectivity index is 1.94. The monoisotopic (exact) mass is 490 g/mol. The number of Topliss-reactive ketones (excluding diaryl/α,β-unsaturated/α-hetero) is 1. The summed E-state index contributed by atoms with van der Waals surface area (Å²) in [6.45, 7) is 2.92. The number of aromatic nitrogens is 2. The largest absolute Gasteiger partial charge is 0.434 e. The molecule has 2 heterocycles. The quantitative estimate of drug-likeness (QED) is 0.524. The van der Waals surface area contributed by atoms with Gasteiger partial charge in [-0.3, -0.25) is 9.59 Å². The number of hydrogen-bond donors (Lipinski definition) is 0. The first-order chi connectivity index (χ1) is 14.6. The highest BCUT2D eigenvalue weighted by Crippen LogP contribution is 2.38. The highest BCUT2D eigenvalue weighted by molar-refractivity contribution is 6.50. The maximum Gasteiger partial charge on any atom is 0.258 e. The molecule has 164 valence electrons. The summed E-state index contributed by atoms with van der Waals surface area (Å²) in [7, 11) is 0. The zero-order valence-electron chi connectivity index (χ0n) is 16.2. The number of carbonyl (C=O) groups excluding carboxylic acids is 2. The third-order valence-corrected chi connectivity index (χ3v) is 5.10. The van der Waals surface area contributed by atoms with Crippen molar-refractivity contribution in [2.45, 2.75) is 32.6 Å². The lowest BCUT2D eigenvalue weighted by molar-refractivity contribution is -0.136. The van der Waals surface area contributed by atoms with Gasteiger partial charge in [0.1, 0.15) is 12.3 Å². The first-order valence-electron chi connectivity index (χ1n) is 8.97. The molecule has 0 fully saturated rings. The van der Waals surface area contributed by atoms with Gasteiger partial charge in [-0.1, -0.05) is 48.7 Å². The van der Waals surface area contributed by atoms with Gasteiger partial charge in [0.25, 0.3) is 12.3 Å². The summed E-state index contributed by atoms with van der Waals surface area (Å²) in [5, 5.41) is 12.3. The Morgan fingerprint density at radius 3 is 2.32 bits per heavy atom. The normalized spacial score (nSPS) is 14.5. The molecule has 31 heavy (non-hydrogen) atoms. The highest BCUT2D eigenvalue weighted by atomic mass is 35.5. The summed E-state index contributed by atoms with van der Waals surface area (Å²) in [6, 6.07) is 4.27. The van der Waals surface area contributed by atoms with Crippen molar-refractivity contribution in [3.63, 3.8) is 0 Å². The van der Waals surface area contributed by atoms with Gasteiger partial charge in [-0.15, -0.1) is 10.2 Å². The van der Waals surface area contributed by atoms with E-state index in [2.05, 4.69) is 15.3 Å². The molecule has 0 unspecified atom stereocenters. The number of alkyl halides is 2. The fourth-order valence-corrected chi connectivity index (χ4v) is 3.64. The second-order valence-electron chi connectivity index (χ2n) is 6.87. The van der Waals surface area contributed by atoms with Crippen LogP contribution in [0.2, 0.25) is 15.2 Å². The third kappa shape index (κ3) is 5.28. The number of hydrogen-bond acceptors (Lipinski definition) is 6. The Bertz CT molecular complexity index is 1060. The van der Waals surface area contributed by atoms with Gasteiger partial charge in [-0.25, -0.2) is 13.8 Å². The molecule has 0 atom stereocenters. The van der Waals surface area contributed by atoms with E-state index in [1.165, 1.54) is 12.1 Å². The summed E-state index contributed by atoms with van der Waals surface area (Å²) in [5.74, 6) is -1.24. The summed E-state index contributed by atoms with van der Waals surface area (Å²) >= 11 is 18.6. The minimum atomic E-state index is -2.80. The fraction of sp³-hybridized carbons (Fsp3) is 0.316. The topological polar surface area (TPSA) is 84.8 Å². The molecule has 1 aromatic heterocycles. The van der Waals surface area contributed by atoms with E-state index in [1.54, 1.807) is 6.07 Å². The number of benzene rings is 1. The number of carbonyl (C=O) groups is 2. The molecule has 1 aromatic carbocycles. The maximum absolute atomic E-state index is 12.7. The lowest BCUT2D eigenvalue weighted by atomic mass is 10.0. The van der Waals surface area contributed by atoms with Gasteiger partial charge in [0, 0.05) is 11.6 Å². The third-order valence-electron chi connectivity index (χ3n) is 4.25. The van der Waals surface area contributed by atoms with Crippen LogP contribution in [0.15, 0.2) is 23.3 Å². The first-order valence-corrected chi connectivity index (χ1v) is 10.1. The maximum atomic E-state index is 12.7. The molecule has 1 aliphatic heterocycles. The summed E-state index contributed by atoms with van der Waals surface area (Å²) in [6.07, 6.45) is -3.39. The molecule has 0 bridgehead atoms. The van der Waals surface area contributed by atoms with Crippen LogP contribution in [0.1, 0.15) is 37.3 Å². The van der Waals surface area contributed by atoms with E-state index in [9.17, 15) is 18.4 Å². The van der Waals surface area contributed by atoms with Crippen molar-refractivity contribution in [3.05, 3.63) is 44.5 Å². The molecule has 0 radical (unpaired) electrons. The second kappa shape index (κ2) is 9.42. The SMILES string of the molecule is CC(C)c1cc(Oc2c(Cl)cc(C3=NN(CC(F)F)C(=O)CC3=O)cc2Cl)nnc1Cl. The van der Waals surface area contributed by atoms with E-state index in [-0.39, 0.29) is 44.0 Å². The number of rotatable bonds is 6. The predicted octanol–water partition coefficient (Wildman–Crippen LogP) is 5.12. The molecular formula is C19H15Cl3F2N4O3. The van der Waals surface area contributed by atoms with Crippen LogP contribution in [-0.2, 0) is 9.59 Å². The zero-order valence-corrected chi connectivity index (χ0v) is 18.5. The lowest BCUT2D eigenvalue weighted by Crippen LogP contribution is -2.39.